The Balaban J connectivity index is 1.59. The zero-order chi connectivity index (χ0) is 16.8. The Hall–Kier alpha value is -1.79. The van der Waals surface area contributed by atoms with Gasteiger partial charge in [-0.15, -0.1) is 0 Å². The SMILES string of the molecule is O=C(O)C(CNCc1cccc2c1OCCCO2)C1CCOCC1. The number of carboxylic acid groups (broad SMARTS) is 1. The molecule has 2 heterocycles. The fraction of sp³-hybridized carbons (Fsp3) is 0.611. The summed E-state index contributed by atoms with van der Waals surface area (Å²) in [5.74, 6) is 0.608. The number of aliphatic carboxylic acids is 1. The molecule has 24 heavy (non-hydrogen) atoms. The van der Waals surface area contributed by atoms with E-state index in [0.29, 0.717) is 39.5 Å². The second-order valence-electron chi connectivity index (χ2n) is 6.32. The highest BCUT2D eigenvalue weighted by atomic mass is 16.5. The number of para-hydroxylation sites is 1. The van der Waals surface area contributed by atoms with Crippen molar-refractivity contribution in [3.63, 3.8) is 0 Å². The molecule has 132 valence electrons. The van der Waals surface area contributed by atoms with Gasteiger partial charge in [-0.1, -0.05) is 12.1 Å². The molecule has 0 bridgehead atoms. The first-order valence-corrected chi connectivity index (χ1v) is 8.64. The highest BCUT2D eigenvalue weighted by Gasteiger charge is 2.29. The molecule has 0 amide bonds. The molecule has 0 radical (unpaired) electrons. The van der Waals surface area contributed by atoms with Gasteiger partial charge in [-0.2, -0.15) is 0 Å². The van der Waals surface area contributed by atoms with E-state index in [1.54, 1.807) is 0 Å². The molecule has 0 saturated carbocycles. The largest absolute Gasteiger partial charge is 0.490 e. The van der Waals surface area contributed by atoms with Crippen LogP contribution in [0.15, 0.2) is 18.2 Å². The Morgan fingerprint density at radius 3 is 2.79 bits per heavy atom. The first-order chi connectivity index (χ1) is 11.8. The molecule has 6 heteroatoms. The summed E-state index contributed by atoms with van der Waals surface area (Å²) in [7, 11) is 0. The van der Waals surface area contributed by atoms with E-state index in [2.05, 4.69) is 5.32 Å². The Morgan fingerprint density at radius 1 is 1.21 bits per heavy atom. The summed E-state index contributed by atoms with van der Waals surface area (Å²) in [6.07, 6.45) is 2.50. The first-order valence-electron chi connectivity index (χ1n) is 8.64. The fourth-order valence-electron chi connectivity index (χ4n) is 3.33. The van der Waals surface area contributed by atoms with E-state index in [1.165, 1.54) is 0 Å². The zero-order valence-corrected chi connectivity index (χ0v) is 13.8. The molecule has 1 aromatic rings. The van der Waals surface area contributed by atoms with Gasteiger partial charge in [-0.05, 0) is 24.8 Å². The molecule has 2 aliphatic rings. The highest BCUT2D eigenvalue weighted by Crippen LogP contribution is 2.33. The minimum atomic E-state index is -0.735. The maximum absolute atomic E-state index is 11.6. The van der Waals surface area contributed by atoms with E-state index in [-0.39, 0.29) is 11.8 Å². The topological polar surface area (TPSA) is 77.0 Å². The number of nitrogens with one attached hydrogen (secondary N) is 1. The number of carbonyl (C=O) groups is 1. The predicted molar refractivity (Wildman–Crippen MR) is 88.4 cm³/mol. The van der Waals surface area contributed by atoms with Crippen LogP contribution in [0.1, 0.15) is 24.8 Å². The van der Waals surface area contributed by atoms with Crippen LogP contribution in [0.4, 0.5) is 0 Å². The smallest absolute Gasteiger partial charge is 0.308 e. The van der Waals surface area contributed by atoms with Crippen LogP contribution < -0.4 is 14.8 Å². The molecule has 1 saturated heterocycles. The van der Waals surface area contributed by atoms with Gasteiger partial charge in [-0.3, -0.25) is 4.79 Å². The van der Waals surface area contributed by atoms with Crippen LogP contribution in [0.5, 0.6) is 11.5 Å². The number of benzene rings is 1. The van der Waals surface area contributed by atoms with Crippen LogP contribution in [-0.2, 0) is 16.1 Å². The number of fused-ring (bicyclic) bond motifs is 1. The van der Waals surface area contributed by atoms with Crippen LogP contribution in [0.25, 0.3) is 0 Å². The van der Waals surface area contributed by atoms with Gasteiger partial charge in [0.05, 0.1) is 19.1 Å². The van der Waals surface area contributed by atoms with Crippen molar-refractivity contribution in [2.75, 3.05) is 33.0 Å². The lowest BCUT2D eigenvalue weighted by Crippen LogP contribution is -2.36. The van der Waals surface area contributed by atoms with Gasteiger partial charge in [0, 0.05) is 38.3 Å². The lowest BCUT2D eigenvalue weighted by atomic mass is 9.86. The summed E-state index contributed by atoms with van der Waals surface area (Å²) in [5, 5.41) is 12.8. The summed E-state index contributed by atoms with van der Waals surface area (Å²) >= 11 is 0. The Morgan fingerprint density at radius 2 is 2.00 bits per heavy atom. The van der Waals surface area contributed by atoms with Gasteiger partial charge in [0.1, 0.15) is 0 Å². The molecule has 1 aromatic carbocycles. The van der Waals surface area contributed by atoms with Crippen molar-refractivity contribution in [2.45, 2.75) is 25.8 Å². The van der Waals surface area contributed by atoms with E-state index in [1.807, 2.05) is 18.2 Å². The van der Waals surface area contributed by atoms with Crippen LogP contribution in [0.2, 0.25) is 0 Å². The minimum absolute atomic E-state index is 0.177. The number of ether oxygens (including phenoxy) is 3. The molecule has 2 N–H and O–H groups in total. The molecule has 2 aliphatic heterocycles. The van der Waals surface area contributed by atoms with Gasteiger partial charge in [0.15, 0.2) is 11.5 Å². The van der Waals surface area contributed by atoms with E-state index < -0.39 is 5.97 Å². The fourth-order valence-corrected chi connectivity index (χ4v) is 3.33. The lowest BCUT2D eigenvalue weighted by molar-refractivity contribution is -0.144. The van der Waals surface area contributed by atoms with Crippen LogP contribution in [-0.4, -0.2) is 44.0 Å². The quantitative estimate of drug-likeness (QED) is 0.829. The third-order valence-electron chi connectivity index (χ3n) is 4.68. The Bertz CT molecular complexity index is 556. The van der Waals surface area contributed by atoms with Crippen molar-refractivity contribution in [1.82, 2.24) is 5.32 Å². The van der Waals surface area contributed by atoms with Crippen molar-refractivity contribution in [3.05, 3.63) is 23.8 Å². The monoisotopic (exact) mass is 335 g/mol. The van der Waals surface area contributed by atoms with Gasteiger partial charge in [-0.25, -0.2) is 0 Å². The molecule has 1 fully saturated rings. The van der Waals surface area contributed by atoms with Crippen molar-refractivity contribution >= 4 is 5.97 Å². The zero-order valence-electron chi connectivity index (χ0n) is 13.8. The van der Waals surface area contributed by atoms with Crippen LogP contribution >= 0.6 is 0 Å². The molecule has 0 spiro atoms. The van der Waals surface area contributed by atoms with Crippen LogP contribution in [0.3, 0.4) is 0 Å². The van der Waals surface area contributed by atoms with Gasteiger partial charge >= 0.3 is 5.97 Å². The predicted octanol–water partition coefficient (Wildman–Crippen LogP) is 2.06. The molecule has 0 aromatic heterocycles. The third kappa shape index (κ3) is 4.19. The number of rotatable bonds is 6. The first kappa shape index (κ1) is 17.0. The Kier molecular flexibility index (Phi) is 5.93. The number of carboxylic acids is 1. The summed E-state index contributed by atoms with van der Waals surface area (Å²) in [6.45, 7) is 3.64. The van der Waals surface area contributed by atoms with E-state index in [0.717, 1.165) is 36.3 Å². The molecule has 1 unspecified atom stereocenters. The summed E-state index contributed by atoms with van der Waals surface area (Å²) in [4.78, 5) is 11.6. The van der Waals surface area contributed by atoms with E-state index in [4.69, 9.17) is 14.2 Å². The molecular formula is C18H25NO5. The van der Waals surface area contributed by atoms with Crippen molar-refractivity contribution < 1.29 is 24.1 Å². The van der Waals surface area contributed by atoms with Crippen molar-refractivity contribution in [1.29, 1.82) is 0 Å². The number of hydrogen-bond donors (Lipinski definition) is 2. The molecular weight excluding hydrogens is 310 g/mol. The second-order valence-corrected chi connectivity index (χ2v) is 6.32. The summed E-state index contributed by atoms with van der Waals surface area (Å²) in [5.41, 5.74) is 1.01. The Labute approximate surface area is 142 Å². The molecule has 6 nitrogen and oxygen atoms in total. The average Bonchev–Trinajstić information content (AvgIpc) is 2.85. The molecule has 3 rings (SSSR count). The van der Waals surface area contributed by atoms with Crippen LogP contribution in [0, 0.1) is 11.8 Å². The second kappa shape index (κ2) is 8.35. The summed E-state index contributed by atoms with van der Waals surface area (Å²) in [6, 6.07) is 5.84. The molecule has 1 atom stereocenters. The van der Waals surface area contributed by atoms with Gasteiger partial charge in [0.25, 0.3) is 0 Å². The normalized spacial score (nSPS) is 19.5. The van der Waals surface area contributed by atoms with Crippen molar-refractivity contribution in [3.8, 4) is 11.5 Å². The van der Waals surface area contributed by atoms with Gasteiger partial charge < -0.3 is 24.6 Å². The number of hydrogen-bond acceptors (Lipinski definition) is 5. The average molecular weight is 335 g/mol. The lowest BCUT2D eigenvalue weighted by Gasteiger charge is -2.27. The molecule has 0 aliphatic carbocycles. The standard InChI is InChI=1S/C18H25NO5/c20-18(21)15(13-5-9-22-10-6-13)12-19-11-14-3-1-4-16-17(14)24-8-2-7-23-16/h1,3-4,13,15,19H,2,5-12H2,(H,20,21). The van der Waals surface area contributed by atoms with Gasteiger partial charge in [0.2, 0.25) is 0 Å². The summed E-state index contributed by atoms with van der Waals surface area (Å²) < 4.78 is 16.8. The van der Waals surface area contributed by atoms with E-state index >= 15 is 0 Å². The minimum Gasteiger partial charge on any atom is -0.490 e. The highest BCUT2D eigenvalue weighted by molar-refractivity contribution is 5.70. The van der Waals surface area contributed by atoms with Crippen molar-refractivity contribution in [2.24, 2.45) is 11.8 Å². The maximum Gasteiger partial charge on any atom is 0.308 e. The third-order valence-corrected chi connectivity index (χ3v) is 4.68. The van der Waals surface area contributed by atoms with E-state index in [9.17, 15) is 9.90 Å². The maximum atomic E-state index is 11.6.